The molecule has 2 aromatic carbocycles. The van der Waals surface area contributed by atoms with Gasteiger partial charge in [-0.05, 0) is 48.6 Å². The number of aryl methyl sites for hydroxylation is 2. The second-order valence-corrected chi connectivity index (χ2v) is 8.47. The lowest BCUT2D eigenvalue weighted by atomic mass is 10.1. The summed E-state index contributed by atoms with van der Waals surface area (Å²) in [5.41, 5.74) is 8.87. The SMILES string of the molecule is CCc1ccc(CN(Cc2cccnc2)Cc2c(C)nn(Cc3ccccc3)c2C)cc1. The number of rotatable bonds is 9. The van der Waals surface area contributed by atoms with Gasteiger partial charge in [-0.1, -0.05) is 67.6 Å². The zero-order valence-electron chi connectivity index (χ0n) is 19.3. The summed E-state index contributed by atoms with van der Waals surface area (Å²) in [5.74, 6) is 0. The van der Waals surface area contributed by atoms with Gasteiger partial charge in [-0.3, -0.25) is 14.6 Å². The van der Waals surface area contributed by atoms with Gasteiger partial charge in [0.1, 0.15) is 0 Å². The minimum Gasteiger partial charge on any atom is -0.290 e. The molecule has 0 unspecified atom stereocenters. The fourth-order valence-electron chi connectivity index (χ4n) is 4.15. The highest BCUT2D eigenvalue weighted by Gasteiger charge is 2.16. The number of nitrogens with zero attached hydrogens (tertiary/aromatic N) is 4. The Bertz CT molecular complexity index is 1120. The van der Waals surface area contributed by atoms with Crippen LogP contribution < -0.4 is 0 Å². The van der Waals surface area contributed by atoms with Crippen molar-refractivity contribution in [3.8, 4) is 0 Å². The minimum absolute atomic E-state index is 0.800. The predicted molar refractivity (Wildman–Crippen MR) is 130 cm³/mol. The Labute approximate surface area is 191 Å². The molecule has 2 heterocycles. The van der Waals surface area contributed by atoms with Gasteiger partial charge in [0.25, 0.3) is 0 Å². The minimum atomic E-state index is 0.800. The Balaban J connectivity index is 1.57. The summed E-state index contributed by atoms with van der Waals surface area (Å²) >= 11 is 0. The van der Waals surface area contributed by atoms with E-state index in [9.17, 15) is 0 Å². The van der Waals surface area contributed by atoms with E-state index in [1.165, 1.54) is 33.5 Å². The van der Waals surface area contributed by atoms with Crippen LogP contribution in [0.2, 0.25) is 0 Å². The molecule has 0 radical (unpaired) electrons. The number of aromatic nitrogens is 3. The summed E-state index contributed by atoms with van der Waals surface area (Å²) < 4.78 is 2.14. The number of benzene rings is 2. The summed E-state index contributed by atoms with van der Waals surface area (Å²) in [7, 11) is 0. The van der Waals surface area contributed by atoms with Gasteiger partial charge in [0, 0.05) is 43.3 Å². The Morgan fingerprint density at radius 3 is 2.12 bits per heavy atom. The summed E-state index contributed by atoms with van der Waals surface area (Å²) in [6.45, 7) is 9.92. The lowest BCUT2D eigenvalue weighted by Gasteiger charge is -2.23. The van der Waals surface area contributed by atoms with Crippen molar-refractivity contribution in [2.75, 3.05) is 0 Å². The van der Waals surface area contributed by atoms with Gasteiger partial charge in [-0.25, -0.2) is 0 Å². The van der Waals surface area contributed by atoms with Crippen molar-refractivity contribution >= 4 is 0 Å². The highest BCUT2D eigenvalue weighted by atomic mass is 15.3. The summed E-state index contributed by atoms with van der Waals surface area (Å²) in [6.07, 6.45) is 4.86. The highest BCUT2D eigenvalue weighted by molar-refractivity contribution is 5.27. The highest BCUT2D eigenvalue weighted by Crippen LogP contribution is 2.20. The largest absolute Gasteiger partial charge is 0.290 e. The van der Waals surface area contributed by atoms with Crippen LogP contribution in [0.3, 0.4) is 0 Å². The normalized spacial score (nSPS) is 11.2. The first-order valence-corrected chi connectivity index (χ1v) is 11.4. The average Bonchev–Trinajstić information content (AvgIpc) is 3.08. The van der Waals surface area contributed by atoms with Gasteiger partial charge in [0.05, 0.1) is 12.2 Å². The van der Waals surface area contributed by atoms with Gasteiger partial charge in [-0.15, -0.1) is 0 Å². The van der Waals surface area contributed by atoms with Crippen LogP contribution in [0.1, 0.15) is 46.1 Å². The van der Waals surface area contributed by atoms with Crippen LogP contribution in [-0.4, -0.2) is 19.7 Å². The molecule has 0 saturated heterocycles. The van der Waals surface area contributed by atoms with E-state index in [0.717, 1.165) is 38.3 Å². The van der Waals surface area contributed by atoms with E-state index in [4.69, 9.17) is 5.10 Å². The van der Waals surface area contributed by atoms with Crippen molar-refractivity contribution in [3.05, 3.63) is 118 Å². The van der Waals surface area contributed by atoms with Crippen molar-refractivity contribution in [3.63, 3.8) is 0 Å². The monoisotopic (exact) mass is 424 g/mol. The van der Waals surface area contributed by atoms with E-state index in [-0.39, 0.29) is 0 Å². The van der Waals surface area contributed by atoms with E-state index < -0.39 is 0 Å². The first-order chi connectivity index (χ1) is 15.6. The first kappa shape index (κ1) is 22.0. The molecular formula is C28H32N4. The maximum absolute atomic E-state index is 4.87. The van der Waals surface area contributed by atoms with Crippen molar-refractivity contribution in [1.82, 2.24) is 19.7 Å². The molecule has 4 rings (SSSR count). The zero-order chi connectivity index (χ0) is 22.3. The van der Waals surface area contributed by atoms with E-state index in [0.29, 0.717) is 0 Å². The number of pyridine rings is 1. The molecule has 4 aromatic rings. The maximum Gasteiger partial charge on any atom is 0.0662 e. The molecule has 0 bridgehead atoms. The van der Waals surface area contributed by atoms with Crippen molar-refractivity contribution in [1.29, 1.82) is 0 Å². The first-order valence-electron chi connectivity index (χ1n) is 11.4. The molecular weight excluding hydrogens is 392 g/mol. The van der Waals surface area contributed by atoms with Crippen molar-refractivity contribution in [2.24, 2.45) is 0 Å². The zero-order valence-corrected chi connectivity index (χ0v) is 19.3. The predicted octanol–water partition coefficient (Wildman–Crippen LogP) is 5.71. The summed E-state index contributed by atoms with van der Waals surface area (Å²) in [5, 5.41) is 4.87. The molecule has 4 nitrogen and oxygen atoms in total. The topological polar surface area (TPSA) is 34.0 Å². The lowest BCUT2D eigenvalue weighted by molar-refractivity contribution is 0.246. The quantitative estimate of drug-likeness (QED) is 0.345. The van der Waals surface area contributed by atoms with Crippen LogP contribution in [0.4, 0.5) is 0 Å². The Kier molecular flexibility index (Phi) is 7.13. The molecule has 0 saturated carbocycles. The lowest BCUT2D eigenvalue weighted by Crippen LogP contribution is -2.23. The summed E-state index contributed by atoms with van der Waals surface area (Å²) in [6, 6.07) is 23.7. The summed E-state index contributed by atoms with van der Waals surface area (Å²) in [4.78, 5) is 6.81. The fraction of sp³-hybridized carbons (Fsp3) is 0.286. The average molecular weight is 425 g/mol. The molecule has 0 amide bonds. The van der Waals surface area contributed by atoms with E-state index in [2.05, 4.69) is 96.0 Å². The van der Waals surface area contributed by atoms with E-state index in [1.807, 2.05) is 18.5 Å². The number of hydrogen-bond acceptors (Lipinski definition) is 3. The second kappa shape index (κ2) is 10.4. The van der Waals surface area contributed by atoms with Gasteiger partial charge in [-0.2, -0.15) is 5.10 Å². The molecule has 0 aliphatic heterocycles. The molecule has 164 valence electrons. The molecule has 0 N–H and O–H groups in total. The standard InChI is InChI=1S/C28H32N4/c1-4-24-12-14-26(15-13-24)18-31(19-27-11-8-16-29-17-27)21-28-22(2)30-32(23(28)3)20-25-9-6-5-7-10-25/h5-17H,4,18-21H2,1-3H3. The van der Waals surface area contributed by atoms with Gasteiger partial charge >= 0.3 is 0 Å². The third kappa shape index (κ3) is 5.51. The molecule has 0 aliphatic carbocycles. The third-order valence-electron chi connectivity index (χ3n) is 6.05. The molecule has 32 heavy (non-hydrogen) atoms. The third-order valence-corrected chi connectivity index (χ3v) is 6.05. The Hall–Kier alpha value is -3.24. The molecule has 0 aliphatic rings. The molecule has 0 spiro atoms. The van der Waals surface area contributed by atoms with E-state index >= 15 is 0 Å². The molecule has 2 aromatic heterocycles. The smallest absolute Gasteiger partial charge is 0.0662 e. The molecule has 4 heteroatoms. The number of hydrogen-bond donors (Lipinski definition) is 0. The van der Waals surface area contributed by atoms with Crippen molar-refractivity contribution < 1.29 is 0 Å². The van der Waals surface area contributed by atoms with E-state index in [1.54, 1.807) is 0 Å². The fourth-order valence-corrected chi connectivity index (χ4v) is 4.15. The van der Waals surface area contributed by atoms with Crippen LogP contribution in [0.15, 0.2) is 79.1 Å². The van der Waals surface area contributed by atoms with Crippen LogP contribution >= 0.6 is 0 Å². The van der Waals surface area contributed by atoms with Crippen LogP contribution in [0.25, 0.3) is 0 Å². The Morgan fingerprint density at radius 2 is 1.44 bits per heavy atom. The second-order valence-electron chi connectivity index (χ2n) is 8.47. The molecule has 0 fully saturated rings. The van der Waals surface area contributed by atoms with Crippen molar-refractivity contribution in [2.45, 2.75) is 53.4 Å². The van der Waals surface area contributed by atoms with Gasteiger partial charge < -0.3 is 0 Å². The van der Waals surface area contributed by atoms with Crippen LogP contribution in [-0.2, 0) is 32.6 Å². The van der Waals surface area contributed by atoms with Crippen LogP contribution in [0.5, 0.6) is 0 Å². The Morgan fingerprint density at radius 1 is 0.750 bits per heavy atom. The van der Waals surface area contributed by atoms with Gasteiger partial charge in [0.15, 0.2) is 0 Å². The van der Waals surface area contributed by atoms with Crippen LogP contribution in [0, 0.1) is 13.8 Å². The molecule has 0 atom stereocenters. The maximum atomic E-state index is 4.87. The van der Waals surface area contributed by atoms with Gasteiger partial charge in [0.2, 0.25) is 0 Å².